The molecule has 0 saturated carbocycles. The summed E-state index contributed by atoms with van der Waals surface area (Å²) in [4.78, 5) is 23.0. The highest BCUT2D eigenvalue weighted by Gasteiger charge is 2.24. The Labute approximate surface area is 132 Å². The lowest BCUT2D eigenvalue weighted by molar-refractivity contribution is -0.139. The zero-order chi connectivity index (χ0) is 16.2. The normalized spacial score (nSPS) is 12.6. The van der Waals surface area contributed by atoms with Gasteiger partial charge in [-0.05, 0) is 51.0 Å². The van der Waals surface area contributed by atoms with Crippen molar-refractivity contribution in [1.82, 2.24) is 5.32 Å². The first-order valence-electron chi connectivity index (χ1n) is 6.56. The largest absolute Gasteiger partial charge is 0.480 e. The Morgan fingerprint density at radius 1 is 1.38 bits per heavy atom. The van der Waals surface area contributed by atoms with Gasteiger partial charge in [0, 0.05) is 10.9 Å². The number of alkyl carbamates (subject to hydrolysis) is 1. The van der Waals surface area contributed by atoms with E-state index in [1.807, 2.05) is 25.1 Å². The van der Waals surface area contributed by atoms with Crippen molar-refractivity contribution in [3.63, 3.8) is 0 Å². The molecule has 1 aromatic carbocycles. The summed E-state index contributed by atoms with van der Waals surface area (Å²) in [6.07, 6.45) is -0.530. The number of halogens is 1. The van der Waals surface area contributed by atoms with Crippen molar-refractivity contribution in [2.24, 2.45) is 0 Å². The molecule has 0 aliphatic rings. The summed E-state index contributed by atoms with van der Waals surface area (Å²) >= 11 is 3.36. The number of ether oxygens (including phenoxy) is 1. The number of aliphatic carboxylic acids is 1. The summed E-state index contributed by atoms with van der Waals surface area (Å²) in [6.45, 7) is 7.07. The third-order valence-electron chi connectivity index (χ3n) is 2.72. The van der Waals surface area contributed by atoms with Crippen LogP contribution in [0.3, 0.4) is 0 Å². The molecule has 0 aromatic heterocycles. The molecule has 0 heterocycles. The lowest BCUT2D eigenvalue weighted by Crippen LogP contribution is -2.44. The first kappa shape index (κ1) is 17.5. The summed E-state index contributed by atoms with van der Waals surface area (Å²) in [6, 6.07) is 4.56. The first-order chi connectivity index (χ1) is 9.58. The molecule has 0 unspecified atom stereocenters. The molecular formula is C15H20BrNO4. The van der Waals surface area contributed by atoms with E-state index in [1.54, 1.807) is 20.8 Å². The van der Waals surface area contributed by atoms with Gasteiger partial charge in [0.15, 0.2) is 0 Å². The number of amides is 1. The van der Waals surface area contributed by atoms with Crippen molar-refractivity contribution in [3.8, 4) is 0 Å². The van der Waals surface area contributed by atoms with Crippen LogP contribution >= 0.6 is 15.9 Å². The van der Waals surface area contributed by atoms with Crippen molar-refractivity contribution in [2.75, 3.05) is 0 Å². The van der Waals surface area contributed by atoms with Crippen LogP contribution in [0.15, 0.2) is 22.7 Å². The standard InChI is InChI=1S/C15H20BrNO4/c1-9-7-11(16)6-5-10(9)8-12(13(18)19)17-14(20)21-15(2,3)4/h5-7,12H,8H2,1-4H3,(H,17,20)(H,18,19)/t12-/m0/s1. The van der Waals surface area contributed by atoms with Gasteiger partial charge in [0.25, 0.3) is 0 Å². The van der Waals surface area contributed by atoms with Gasteiger partial charge in [-0.1, -0.05) is 22.0 Å². The Morgan fingerprint density at radius 2 is 2.00 bits per heavy atom. The van der Waals surface area contributed by atoms with E-state index in [4.69, 9.17) is 4.74 Å². The number of aryl methyl sites for hydroxylation is 1. The van der Waals surface area contributed by atoms with Gasteiger partial charge in [0.05, 0.1) is 0 Å². The smallest absolute Gasteiger partial charge is 0.408 e. The molecule has 0 aliphatic carbocycles. The second kappa shape index (κ2) is 6.93. The highest BCUT2D eigenvalue weighted by molar-refractivity contribution is 9.10. The summed E-state index contributed by atoms with van der Waals surface area (Å²) in [7, 11) is 0. The number of nitrogens with one attached hydrogen (secondary N) is 1. The van der Waals surface area contributed by atoms with Crippen LogP contribution in [0.5, 0.6) is 0 Å². The Balaban J connectivity index is 2.79. The molecule has 0 spiro atoms. The molecular weight excluding hydrogens is 338 g/mol. The SMILES string of the molecule is Cc1cc(Br)ccc1C[C@H](NC(=O)OC(C)(C)C)C(=O)O. The number of rotatable bonds is 4. The predicted octanol–water partition coefficient (Wildman–Crippen LogP) is 3.28. The first-order valence-corrected chi connectivity index (χ1v) is 7.35. The Kier molecular flexibility index (Phi) is 5.78. The number of carboxylic acids is 1. The van der Waals surface area contributed by atoms with E-state index in [0.717, 1.165) is 15.6 Å². The molecule has 21 heavy (non-hydrogen) atoms. The maximum Gasteiger partial charge on any atom is 0.408 e. The number of carboxylic acid groups (broad SMARTS) is 1. The van der Waals surface area contributed by atoms with Gasteiger partial charge in [0.1, 0.15) is 11.6 Å². The highest BCUT2D eigenvalue weighted by Crippen LogP contribution is 2.17. The molecule has 2 N–H and O–H groups in total. The number of benzene rings is 1. The maximum absolute atomic E-state index is 11.7. The van der Waals surface area contributed by atoms with Crippen molar-refractivity contribution in [2.45, 2.75) is 45.8 Å². The van der Waals surface area contributed by atoms with Crippen LogP contribution in [0.4, 0.5) is 4.79 Å². The maximum atomic E-state index is 11.7. The van der Waals surface area contributed by atoms with E-state index >= 15 is 0 Å². The minimum Gasteiger partial charge on any atom is -0.480 e. The number of hydrogen-bond acceptors (Lipinski definition) is 3. The molecule has 1 aromatic rings. The fourth-order valence-corrected chi connectivity index (χ4v) is 2.23. The average molecular weight is 358 g/mol. The zero-order valence-corrected chi connectivity index (χ0v) is 14.2. The molecule has 1 rings (SSSR count). The van der Waals surface area contributed by atoms with Crippen molar-refractivity contribution >= 4 is 28.0 Å². The minimum absolute atomic E-state index is 0.202. The summed E-state index contributed by atoms with van der Waals surface area (Å²) < 4.78 is 6.01. The molecule has 1 amide bonds. The van der Waals surface area contributed by atoms with E-state index in [-0.39, 0.29) is 6.42 Å². The number of carbonyl (C=O) groups excluding carboxylic acids is 1. The fraction of sp³-hybridized carbons (Fsp3) is 0.467. The van der Waals surface area contributed by atoms with Crippen LogP contribution in [0, 0.1) is 6.92 Å². The highest BCUT2D eigenvalue weighted by atomic mass is 79.9. The lowest BCUT2D eigenvalue weighted by atomic mass is 10.0. The molecule has 0 aliphatic heterocycles. The van der Waals surface area contributed by atoms with Crippen LogP contribution in [-0.4, -0.2) is 28.8 Å². The molecule has 116 valence electrons. The topological polar surface area (TPSA) is 75.6 Å². The Morgan fingerprint density at radius 3 is 2.48 bits per heavy atom. The van der Waals surface area contributed by atoms with E-state index in [9.17, 15) is 14.7 Å². The minimum atomic E-state index is -1.09. The second-order valence-electron chi connectivity index (χ2n) is 5.81. The van der Waals surface area contributed by atoms with Gasteiger partial charge >= 0.3 is 12.1 Å². The zero-order valence-electron chi connectivity index (χ0n) is 12.6. The van der Waals surface area contributed by atoms with Crippen LogP contribution in [0.1, 0.15) is 31.9 Å². The van der Waals surface area contributed by atoms with Crippen LogP contribution in [0.2, 0.25) is 0 Å². The summed E-state index contributed by atoms with van der Waals surface area (Å²) in [5.74, 6) is -1.09. The number of hydrogen-bond donors (Lipinski definition) is 2. The predicted molar refractivity (Wildman–Crippen MR) is 83.4 cm³/mol. The van der Waals surface area contributed by atoms with Gasteiger partial charge in [-0.2, -0.15) is 0 Å². The average Bonchev–Trinajstić information content (AvgIpc) is 2.28. The lowest BCUT2D eigenvalue weighted by Gasteiger charge is -2.22. The van der Waals surface area contributed by atoms with Gasteiger partial charge in [-0.25, -0.2) is 9.59 Å². The monoisotopic (exact) mass is 357 g/mol. The third kappa shape index (κ3) is 6.16. The fourth-order valence-electron chi connectivity index (χ4n) is 1.76. The van der Waals surface area contributed by atoms with Crippen LogP contribution < -0.4 is 5.32 Å². The van der Waals surface area contributed by atoms with Gasteiger partial charge in [0.2, 0.25) is 0 Å². The van der Waals surface area contributed by atoms with Crippen LogP contribution in [-0.2, 0) is 16.0 Å². The number of carbonyl (C=O) groups is 2. The molecule has 0 fully saturated rings. The van der Waals surface area contributed by atoms with Gasteiger partial charge in [-0.15, -0.1) is 0 Å². The van der Waals surface area contributed by atoms with E-state index in [2.05, 4.69) is 21.2 Å². The second-order valence-corrected chi connectivity index (χ2v) is 6.73. The third-order valence-corrected chi connectivity index (χ3v) is 3.21. The molecule has 6 heteroatoms. The quantitative estimate of drug-likeness (QED) is 0.866. The molecule has 5 nitrogen and oxygen atoms in total. The van der Waals surface area contributed by atoms with Gasteiger partial charge < -0.3 is 15.2 Å². The van der Waals surface area contributed by atoms with Crippen molar-refractivity contribution < 1.29 is 19.4 Å². The van der Waals surface area contributed by atoms with E-state index < -0.39 is 23.7 Å². The van der Waals surface area contributed by atoms with E-state index in [1.165, 1.54) is 0 Å². The van der Waals surface area contributed by atoms with E-state index in [0.29, 0.717) is 0 Å². The van der Waals surface area contributed by atoms with Crippen molar-refractivity contribution in [3.05, 3.63) is 33.8 Å². The molecule has 0 bridgehead atoms. The summed E-state index contributed by atoms with van der Waals surface area (Å²) in [5.41, 5.74) is 1.16. The molecule has 1 atom stereocenters. The molecule has 0 radical (unpaired) electrons. The Hall–Kier alpha value is -1.56. The Bertz CT molecular complexity index is 537. The molecule has 0 saturated heterocycles. The van der Waals surface area contributed by atoms with Crippen molar-refractivity contribution in [1.29, 1.82) is 0 Å². The van der Waals surface area contributed by atoms with Gasteiger partial charge in [-0.3, -0.25) is 0 Å². The summed E-state index contributed by atoms with van der Waals surface area (Å²) in [5, 5.41) is 11.6. The van der Waals surface area contributed by atoms with Crippen LogP contribution in [0.25, 0.3) is 0 Å².